The Morgan fingerprint density at radius 1 is 1.04 bits per heavy atom. The predicted molar refractivity (Wildman–Crippen MR) is 96.8 cm³/mol. The van der Waals surface area contributed by atoms with E-state index in [9.17, 15) is 26.0 Å². The van der Waals surface area contributed by atoms with Gasteiger partial charge in [0.2, 0.25) is 10.0 Å². The van der Waals surface area contributed by atoms with Gasteiger partial charge in [0.1, 0.15) is 24.2 Å². The number of sulfonamides is 1. The first kappa shape index (κ1) is 22.1. The molecule has 0 unspecified atom stereocenters. The summed E-state index contributed by atoms with van der Waals surface area (Å²) in [6, 6.07) is 8.76. The summed E-state index contributed by atoms with van der Waals surface area (Å²) in [6.07, 6.45) is -4.07. The van der Waals surface area contributed by atoms with E-state index in [2.05, 4.69) is 5.32 Å². The molecule has 5 nitrogen and oxygen atoms in total. The zero-order chi connectivity index (χ0) is 20.8. The second-order valence-electron chi connectivity index (χ2n) is 6.09. The van der Waals surface area contributed by atoms with E-state index in [0.29, 0.717) is 31.7 Å². The van der Waals surface area contributed by atoms with Crippen molar-refractivity contribution in [2.75, 3.05) is 19.4 Å². The van der Waals surface area contributed by atoms with E-state index >= 15 is 0 Å². The Labute approximate surface area is 160 Å². The number of hydrogen-bond donors (Lipinski definition) is 2. The maximum atomic E-state index is 13.1. The van der Waals surface area contributed by atoms with E-state index in [0.717, 1.165) is 5.56 Å². The predicted octanol–water partition coefficient (Wildman–Crippen LogP) is 3.15. The molecule has 154 valence electrons. The van der Waals surface area contributed by atoms with Crippen LogP contribution in [-0.4, -0.2) is 34.0 Å². The van der Waals surface area contributed by atoms with Gasteiger partial charge in [0.25, 0.3) is 0 Å². The van der Waals surface area contributed by atoms with Crippen LogP contribution in [0.15, 0.2) is 48.5 Å². The minimum atomic E-state index is -4.75. The number of nitrogens with one attached hydrogen (secondary N) is 2. The molecular formula is C18H20F4N2O3S. The summed E-state index contributed by atoms with van der Waals surface area (Å²) in [4.78, 5) is 0. The summed E-state index contributed by atoms with van der Waals surface area (Å²) in [5.74, 6) is 0.178. The summed E-state index contributed by atoms with van der Waals surface area (Å²) < 4.78 is 81.5. The van der Waals surface area contributed by atoms with Crippen LogP contribution in [0.4, 0.5) is 17.6 Å². The van der Waals surface area contributed by atoms with Crippen molar-refractivity contribution in [3.8, 4) is 5.75 Å². The Morgan fingerprint density at radius 2 is 1.64 bits per heavy atom. The van der Waals surface area contributed by atoms with Gasteiger partial charge in [0.15, 0.2) is 0 Å². The van der Waals surface area contributed by atoms with E-state index in [1.807, 2.05) is 0 Å². The lowest BCUT2D eigenvalue weighted by atomic mass is 10.1. The van der Waals surface area contributed by atoms with Crippen LogP contribution in [0.25, 0.3) is 0 Å². The van der Waals surface area contributed by atoms with Crippen LogP contribution in [0.1, 0.15) is 17.2 Å². The largest absolute Gasteiger partial charge is 0.492 e. The maximum Gasteiger partial charge on any atom is 0.408 e. The van der Waals surface area contributed by atoms with E-state index < -0.39 is 22.2 Å². The first-order valence-corrected chi connectivity index (χ1v) is 10.2. The lowest BCUT2D eigenvalue weighted by Gasteiger charge is -2.21. The third kappa shape index (κ3) is 7.45. The van der Waals surface area contributed by atoms with Crippen LogP contribution in [-0.2, 0) is 16.6 Å². The molecule has 10 heteroatoms. The highest BCUT2D eigenvalue weighted by atomic mass is 32.2. The van der Waals surface area contributed by atoms with Crippen molar-refractivity contribution in [2.45, 2.75) is 18.8 Å². The highest BCUT2D eigenvalue weighted by Crippen LogP contribution is 2.33. The Balaban J connectivity index is 1.85. The highest BCUT2D eigenvalue weighted by Gasteiger charge is 2.42. The average Bonchev–Trinajstić information content (AvgIpc) is 2.60. The molecule has 0 aromatic heterocycles. The molecule has 1 atom stereocenters. The Bertz CT molecular complexity index is 854. The highest BCUT2D eigenvalue weighted by molar-refractivity contribution is 7.88. The van der Waals surface area contributed by atoms with Gasteiger partial charge in [-0.1, -0.05) is 24.3 Å². The standard InChI is InChI=1S/C18H20F4N2O3S/c1-28(25,26)24-17(18(20,21)22)14-4-2-13(3-5-14)12-23-10-11-27-16-8-6-15(19)7-9-16/h2-9,17,23-24H,10-12H2,1H3/t17-/m0/s1. The van der Waals surface area contributed by atoms with Crippen molar-refractivity contribution in [1.82, 2.24) is 10.0 Å². The number of hydrogen-bond acceptors (Lipinski definition) is 4. The third-order valence-corrected chi connectivity index (χ3v) is 4.33. The smallest absolute Gasteiger partial charge is 0.408 e. The van der Waals surface area contributed by atoms with Crippen LogP contribution >= 0.6 is 0 Å². The quantitative estimate of drug-likeness (QED) is 0.483. The van der Waals surface area contributed by atoms with Crippen LogP contribution in [0.3, 0.4) is 0 Å². The number of alkyl halides is 3. The van der Waals surface area contributed by atoms with Gasteiger partial charge >= 0.3 is 6.18 Å². The Hall–Kier alpha value is -2.17. The van der Waals surface area contributed by atoms with Gasteiger partial charge in [-0.25, -0.2) is 12.8 Å². The molecule has 0 bridgehead atoms. The number of benzene rings is 2. The van der Waals surface area contributed by atoms with Crippen molar-refractivity contribution < 1.29 is 30.7 Å². The molecule has 2 N–H and O–H groups in total. The summed E-state index contributed by atoms with van der Waals surface area (Å²) in [7, 11) is -4.03. The fourth-order valence-corrected chi connectivity index (χ4v) is 3.07. The summed E-state index contributed by atoms with van der Waals surface area (Å²) in [6.45, 7) is 1.20. The topological polar surface area (TPSA) is 67.4 Å². The first-order valence-electron chi connectivity index (χ1n) is 8.26. The minimum absolute atomic E-state index is 0.193. The van der Waals surface area contributed by atoms with Gasteiger partial charge in [-0.15, -0.1) is 0 Å². The lowest BCUT2D eigenvalue weighted by Crippen LogP contribution is -2.37. The molecule has 2 aromatic rings. The molecule has 0 fully saturated rings. The molecule has 0 heterocycles. The lowest BCUT2D eigenvalue weighted by molar-refractivity contribution is -0.153. The third-order valence-electron chi connectivity index (χ3n) is 3.66. The molecule has 0 aliphatic carbocycles. The monoisotopic (exact) mass is 420 g/mol. The molecule has 0 spiro atoms. The van der Waals surface area contributed by atoms with Crippen molar-refractivity contribution in [2.24, 2.45) is 0 Å². The van der Waals surface area contributed by atoms with Gasteiger partial charge in [0.05, 0.1) is 6.26 Å². The van der Waals surface area contributed by atoms with Crippen molar-refractivity contribution in [1.29, 1.82) is 0 Å². The van der Waals surface area contributed by atoms with Crippen molar-refractivity contribution >= 4 is 10.0 Å². The number of rotatable bonds is 9. The minimum Gasteiger partial charge on any atom is -0.492 e. The molecule has 0 aliphatic rings. The van der Waals surface area contributed by atoms with E-state index in [1.165, 1.54) is 48.5 Å². The van der Waals surface area contributed by atoms with Crippen LogP contribution in [0.2, 0.25) is 0 Å². The van der Waals surface area contributed by atoms with Gasteiger partial charge in [-0.05, 0) is 35.4 Å². The fraction of sp³-hybridized carbons (Fsp3) is 0.333. The van der Waals surface area contributed by atoms with E-state index in [-0.39, 0.29) is 11.4 Å². The second-order valence-corrected chi connectivity index (χ2v) is 7.87. The molecule has 0 amide bonds. The van der Waals surface area contributed by atoms with Crippen LogP contribution in [0, 0.1) is 5.82 Å². The van der Waals surface area contributed by atoms with Crippen LogP contribution in [0.5, 0.6) is 5.75 Å². The molecule has 28 heavy (non-hydrogen) atoms. The summed E-state index contributed by atoms with van der Waals surface area (Å²) in [5.41, 5.74) is 0.534. The summed E-state index contributed by atoms with van der Waals surface area (Å²) >= 11 is 0. The summed E-state index contributed by atoms with van der Waals surface area (Å²) in [5, 5.41) is 3.07. The molecule has 0 saturated carbocycles. The van der Waals surface area contributed by atoms with Gasteiger partial charge in [-0.3, -0.25) is 0 Å². The average molecular weight is 420 g/mol. The molecular weight excluding hydrogens is 400 g/mol. The van der Waals surface area contributed by atoms with Crippen molar-refractivity contribution in [3.05, 3.63) is 65.5 Å². The molecule has 2 aromatic carbocycles. The number of halogens is 4. The Kier molecular flexibility index (Phi) is 7.39. The van der Waals surface area contributed by atoms with E-state index in [4.69, 9.17) is 4.74 Å². The number of ether oxygens (including phenoxy) is 1. The SMILES string of the molecule is CS(=O)(=O)N[C@@H](c1ccc(CNCCOc2ccc(F)cc2)cc1)C(F)(F)F. The zero-order valence-corrected chi connectivity index (χ0v) is 15.8. The first-order chi connectivity index (χ1) is 13.0. The molecule has 0 aliphatic heterocycles. The Morgan fingerprint density at radius 3 is 2.18 bits per heavy atom. The van der Waals surface area contributed by atoms with Crippen LogP contribution < -0.4 is 14.8 Å². The van der Waals surface area contributed by atoms with Gasteiger partial charge in [0, 0.05) is 13.1 Å². The molecule has 2 rings (SSSR count). The zero-order valence-electron chi connectivity index (χ0n) is 15.0. The molecule has 0 saturated heterocycles. The van der Waals surface area contributed by atoms with Gasteiger partial charge in [-0.2, -0.15) is 17.9 Å². The van der Waals surface area contributed by atoms with Gasteiger partial charge < -0.3 is 10.1 Å². The second kappa shape index (κ2) is 9.35. The van der Waals surface area contributed by atoms with E-state index in [1.54, 1.807) is 4.72 Å². The fourth-order valence-electron chi connectivity index (χ4n) is 2.37. The molecule has 0 radical (unpaired) electrons. The normalized spacial score (nSPS) is 13.3. The maximum absolute atomic E-state index is 13.1. The van der Waals surface area contributed by atoms with Crippen molar-refractivity contribution in [3.63, 3.8) is 0 Å².